The van der Waals surface area contributed by atoms with Crippen LogP contribution < -0.4 is 15.4 Å². The minimum Gasteiger partial charge on any atom is -0.491 e. The molecule has 0 heterocycles. The first-order valence-corrected chi connectivity index (χ1v) is 7.39. The smallest absolute Gasteiger partial charge is 0.192 e. The fourth-order valence-corrected chi connectivity index (χ4v) is 1.83. The van der Waals surface area contributed by atoms with Crippen LogP contribution in [0.5, 0.6) is 5.75 Å². The lowest BCUT2D eigenvalue weighted by Crippen LogP contribution is -2.37. The molecule has 0 amide bonds. The fraction of sp³-hybridized carbons (Fsp3) is 0.471. The van der Waals surface area contributed by atoms with Crippen molar-refractivity contribution >= 4 is 5.96 Å². The van der Waals surface area contributed by atoms with Crippen molar-refractivity contribution in [3.63, 3.8) is 0 Å². The van der Waals surface area contributed by atoms with Crippen LogP contribution in [0.25, 0.3) is 0 Å². The van der Waals surface area contributed by atoms with Gasteiger partial charge in [-0.2, -0.15) is 0 Å². The predicted octanol–water partition coefficient (Wildman–Crippen LogP) is 1.71. The highest BCUT2D eigenvalue weighted by Gasteiger charge is 2.05. The summed E-state index contributed by atoms with van der Waals surface area (Å²) in [6, 6.07) is 6.14. The lowest BCUT2D eigenvalue weighted by Gasteiger charge is -2.15. The van der Waals surface area contributed by atoms with Crippen molar-refractivity contribution in [3.05, 3.63) is 29.3 Å². The Bertz CT molecular complexity index is 521. The maximum Gasteiger partial charge on any atom is 0.192 e. The molecule has 0 aliphatic carbocycles. The standard InChI is InChI=1S/C17H25N3O2/c1-5-9-19-17(18-4)20-13-15-8-7-14(3)12-16(15)22-11-10-21-6-2/h1,7-8,12H,6,9-11,13H2,2-4H3,(H2,18,19,20). The van der Waals surface area contributed by atoms with Crippen LogP contribution in [0.1, 0.15) is 18.1 Å². The molecule has 1 aromatic carbocycles. The number of nitrogens with zero attached hydrogens (tertiary/aromatic N) is 1. The third-order valence-electron chi connectivity index (χ3n) is 2.94. The number of guanidine groups is 1. The molecule has 0 spiro atoms. The van der Waals surface area contributed by atoms with Crippen LogP contribution in [0.3, 0.4) is 0 Å². The first-order chi connectivity index (χ1) is 10.7. The van der Waals surface area contributed by atoms with Crippen molar-refractivity contribution in [1.82, 2.24) is 10.6 Å². The number of aryl methyl sites for hydroxylation is 1. The van der Waals surface area contributed by atoms with Gasteiger partial charge in [0.15, 0.2) is 5.96 Å². The Balaban J connectivity index is 2.63. The molecule has 2 N–H and O–H groups in total. The molecule has 0 aliphatic heterocycles. The number of ether oxygens (including phenoxy) is 2. The molecule has 1 aromatic rings. The minimum absolute atomic E-state index is 0.436. The monoisotopic (exact) mass is 303 g/mol. The van der Waals surface area contributed by atoms with Crippen LogP contribution in [0, 0.1) is 19.3 Å². The van der Waals surface area contributed by atoms with Crippen LogP contribution in [0.2, 0.25) is 0 Å². The molecule has 5 nitrogen and oxygen atoms in total. The lowest BCUT2D eigenvalue weighted by molar-refractivity contribution is 0.110. The highest BCUT2D eigenvalue weighted by molar-refractivity contribution is 5.79. The van der Waals surface area contributed by atoms with Crippen molar-refractivity contribution < 1.29 is 9.47 Å². The van der Waals surface area contributed by atoms with Crippen LogP contribution in [0.15, 0.2) is 23.2 Å². The molecular formula is C17H25N3O2. The van der Waals surface area contributed by atoms with Crippen LogP contribution in [-0.4, -0.2) is 39.4 Å². The number of hydrogen-bond donors (Lipinski definition) is 2. The van der Waals surface area contributed by atoms with E-state index >= 15 is 0 Å². The Morgan fingerprint density at radius 3 is 2.82 bits per heavy atom. The van der Waals surface area contributed by atoms with Gasteiger partial charge in [0.2, 0.25) is 0 Å². The number of benzene rings is 1. The zero-order valence-corrected chi connectivity index (χ0v) is 13.6. The van der Waals surface area contributed by atoms with Crippen molar-refractivity contribution in [1.29, 1.82) is 0 Å². The van der Waals surface area contributed by atoms with Gasteiger partial charge in [0, 0.05) is 25.8 Å². The number of nitrogens with one attached hydrogen (secondary N) is 2. The van der Waals surface area contributed by atoms with Crippen LogP contribution >= 0.6 is 0 Å². The Morgan fingerprint density at radius 1 is 1.32 bits per heavy atom. The summed E-state index contributed by atoms with van der Waals surface area (Å²) in [5.41, 5.74) is 2.22. The first-order valence-electron chi connectivity index (χ1n) is 7.39. The summed E-state index contributed by atoms with van der Waals surface area (Å²) in [5, 5.41) is 6.24. The van der Waals surface area contributed by atoms with Crippen molar-refractivity contribution in [2.24, 2.45) is 4.99 Å². The van der Waals surface area contributed by atoms with E-state index in [1.165, 1.54) is 0 Å². The third-order valence-corrected chi connectivity index (χ3v) is 2.94. The number of terminal acetylenes is 1. The molecule has 0 saturated heterocycles. The summed E-state index contributed by atoms with van der Waals surface area (Å²) in [6.45, 7) is 6.87. The molecule has 22 heavy (non-hydrogen) atoms. The van der Waals surface area contributed by atoms with Gasteiger partial charge in [-0.05, 0) is 25.5 Å². The molecule has 0 saturated carbocycles. The Kier molecular flexibility index (Phi) is 8.54. The average molecular weight is 303 g/mol. The zero-order chi connectivity index (χ0) is 16.2. The highest BCUT2D eigenvalue weighted by Crippen LogP contribution is 2.20. The minimum atomic E-state index is 0.436. The number of hydrogen-bond acceptors (Lipinski definition) is 3. The van der Waals surface area contributed by atoms with E-state index in [4.69, 9.17) is 15.9 Å². The first kappa shape index (κ1) is 17.9. The zero-order valence-electron chi connectivity index (χ0n) is 13.6. The maximum atomic E-state index is 5.81. The van der Waals surface area contributed by atoms with Crippen molar-refractivity contribution in [3.8, 4) is 18.1 Å². The molecule has 1 rings (SSSR count). The number of aliphatic imine (C=N–C) groups is 1. The summed E-state index contributed by atoms with van der Waals surface area (Å²) in [6.07, 6.45) is 5.23. The van der Waals surface area contributed by atoms with Gasteiger partial charge >= 0.3 is 0 Å². The van der Waals surface area contributed by atoms with E-state index in [1.54, 1.807) is 7.05 Å². The Labute approximate surface area is 133 Å². The molecule has 0 radical (unpaired) electrons. The van der Waals surface area contributed by atoms with Gasteiger partial charge in [0.05, 0.1) is 13.2 Å². The van der Waals surface area contributed by atoms with Gasteiger partial charge in [-0.25, -0.2) is 0 Å². The molecule has 0 fully saturated rings. The molecule has 0 aliphatic rings. The van der Waals surface area contributed by atoms with Gasteiger partial charge in [-0.15, -0.1) is 6.42 Å². The van der Waals surface area contributed by atoms with Gasteiger partial charge in [-0.1, -0.05) is 18.1 Å². The predicted molar refractivity (Wildman–Crippen MR) is 90.2 cm³/mol. The topological polar surface area (TPSA) is 54.9 Å². The molecule has 0 atom stereocenters. The number of rotatable bonds is 8. The molecule has 120 valence electrons. The summed E-state index contributed by atoms with van der Waals surface area (Å²) < 4.78 is 11.1. The second-order valence-corrected chi connectivity index (χ2v) is 4.64. The Hall–Kier alpha value is -2.19. The quantitative estimate of drug-likeness (QED) is 0.332. The SMILES string of the molecule is C#CCNC(=NC)NCc1ccc(C)cc1OCCOCC. The lowest BCUT2D eigenvalue weighted by atomic mass is 10.1. The van der Waals surface area contributed by atoms with E-state index in [9.17, 15) is 0 Å². The van der Waals surface area contributed by atoms with Crippen molar-refractivity contribution in [2.45, 2.75) is 20.4 Å². The summed E-state index contributed by atoms with van der Waals surface area (Å²) >= 11 is 0. The van der Waals surface area contributed by atoms with E-state index in [0.717, 1.165) is 16.9 Å². The van der Waals surface area contributed by atoms with E-state index < -0.39 is 0 Å². The largest absolute Gasteiger partial charge is 0.491 e. The van der Waals surface area contributed by atoms with E-state index in [2.05, 4.69) is 27.6 Å². The van der Waals surface area contributed by atoms with E-state index in [-0.39, 0.29) is 0 Å². The van der Waals surface area contributed by atoms with Gasteiger partial charge < -0.3 is 20.1 Å². The molecule has 0 unspecified atom stereocenters. The third kappa shape index (κ3) is 6.51. The highest BCUT2D eigenvalue weighted by atomic mass is 16.5. The summed E-state index contributed by atoms with van der Waals surface area (Å²) in [4.78, 5) is 4.11. The fourth-order valence-electron chi connectivity index (χ4n) is 1.83. The maximum absolute atomic E-state index is 5.81. The summed E-state index contributed by atoms with van der Waals surface area (Å²) in [5.74, 6) is 4.05. The molecule has 0 aromatic heterocycles. The molecule has 5 heteroatoms. The van der Waals surface area contributed by atoms with E-state index in [1.807, 2.05) is 26.0 Å². The van der Waals surface area contributed by atoms with Gasteiger partial charge in [-0.3, -0.25) is 4.99 Å². The van der Waals surface area contributed by atoms with Crippen LogP contribution in [0.4, 0.5) is 0 Å². The molecular weight excluding hydrogens is 278 g/mol. The van der Waals surface area contributed by atoms with Crippen molar-refractivity contribution in [2.75, 3.05) is 33.4 Å². The van der Waals surface area contributed by atoms with Gasteiger partial charge in [0.25, 0.3) is 0 Å². The normalized spacial score (nSPS) is 10.9. The summed E-state index contributed by atoms with van der Waals surface area (Å²) in [7, 11) is 1.71. The average Bonchev–Trinajstić information content (AvgIpc) is 2.53. The Morgan fingerprint density at radius 2 is 2.14 bits per heavy atom. The van der Waals surface area contributed by atoms with Crippen LogP contribution in [-0.2, 0) is 11.3 Å². The second kappa shape index (κ2) is 10.5. The van der Waals surface area contributed by atoms with Gasteiger partial charge in [0.1, 0.15) is 12.4 Å². The van der Waals surface area contributed by atoms with E-state index in [0.29, 0.717) is 38.9 Å². The molecule has 0 bridgehead atoms. The second-order valence-electron chi connectivity index (χ2n) is 4.64.